The molecule has 3 aromatic heterocycles. The molecule has 0 aliphatic rings. The fraction of sp³-hybridized carbons (Fsp3) is 0.158. The number of aryl methyl sites for hydroxylation is 1. The molecule has 1 atom stereocenters. The second-order valence-electron chi connectivity index (χ2n) is 6.55. The molecule has 1 aromatic carbocycles. The summed E-state index contributed by atoms with van der Waals surface area (Å²) >= 11 is 5.80. The fourth-order valence-electron chi connectivity index (χ4n) is 2.93. The molecular formula is C19H17ClFN7O. The van der Waals surface area contributed by atoms with Crippen LogP contribution in [-0.2, 0) is 7.05 Å². The normalized spacial score (nSPS) is 12.1. The maximum absolute atomic E-state index is 13.3. The number of carbonyl (C=O) groups is 1. The number of rotatable bonds is 4. The van der Waals surface area contributed by atoms with Crippen LogP contribution in [0.5, 0.6) is 0 Å². The summed E-state index contributed by atoms with van der Waals surface area (Å²) < 4.78 is 16.7. The van der Waals surface area contributed by atoms with Crippen LogP contribution in [0.3, 0.4) is 0 Å². The van der Waals surface area contributed by atoms with E-state index in [1.807, 2.05) is 13.2 Å². The minimum absolute atomic E-state index is 0.00862. The Morgan fingerprint density at radius 1 is 1.21 bits per heavy atom. The smallest absolute Gasteiger partial charge is 0.320 e. The number of urea groups is 1. The van der Waals surface area contributed by atoms with Gasteiger partial charge in [-0.2, -0.15) is 10.2 Å². The van der Waals surface area contributed by atoms with Crippen LogP contribution in [-0.4, -0.2) is 30.6 Å². The summed E-state index contributed by atoms with van der Waals surface area (Å²) in [5.74, 6) is -0.124. The van der Waals surface area contributed by atoms with Gasteiger partial charge in [0.25, 0.3) is 0 Å². The summed E-state index contributed by atoms with van der Waals surface area (Å²) in [6.45, 7) is 1.78. The molecule has 8 nitrogen and oxygen atoms in total. The van der Waals surface area contributed by atoms with Crippen molar-refractivity contribution in [2.24, 2.45) is 7.05 Å². The lowest BCUT2D eigenvalue weighted by Gasteiger charge is -2.15. The van der Waals surface area contributed by atoms with Gasteiger partial charge in [-0.3, -0.25) is 10.00 Å². The Morgan fingerprint density at radius 3 is 2.76 bits per heavy atom. The number of halogens is 2. The van der Waals surface area contributed by atoms with E-state index in [9.17, 15) is 9.18 Å². The molecule has 0 aliphatic heterocycles. The van der Waals surface area contributed by atoms with Crippen LogP contribution in [0.1, 0.15) is 18.5 Å². The van der Waals surface area contributed by atoms with Gasteiger partial charge >= 0.3 is 6.03 Å². The van der Waals surface area contributed by atoms with Crippen molar-refractivity contribution in [3.05, 3.63) is 65.5 Å². The third kappa shape index (κ3) is 3.90. The predicted molar refractivity (Wildman–Crippen MR) is 108 cm³/mol. The highest BCUT2D eigenvalue weighted by molar-refractivity contribution is 6.30. The van der Waals surface area contributed by atoms with E-state index < -0.39 is 11.8 Å². The van der Waals surface area contributed by atoms with Crippen molar-refractivity contribution in [2.75, 3.05) is 5.32 Å². The Labute approximate surface area is 170 Å². The third-order valence-electron chi connectivity index (χ3n) is 4.42. The van der Waals surface area contributed by atoms with Crippen molar-refractivity contribution in [3.63, 3.8) is 0 Å². The zero-order valence-electron chi connectivity index (χ0n) is 15.6. The number of nitrogens with one attached hydrogen (secondary N) is 2. The molecule has 0 radical (unpaired) electrons. The summed E-state index contributed by atoms with van der Waals surface area (Å²) in [5, 5.41) is 14.8. The maximum Gasteiger partial charge on any atom is 0.320 e. The van der Waals surface area contributed by atoms with E-state index in [1.165, 1.54) is 12.1 Å². The van der Waals surface area contributed by atoms with Gasteiger partial charge in [-0.15, -0.1) is 0 Å². The van der Waals surface area contributed by atoms with Crippen LogP contribution in [0.2, 0.25) is 5.02 Å². The number of hydrogen-bond donors (Lipinski definition) is 2. The topological polar surface area (TPSA) is 89.7 Å². The van der Waals surface area contributed by atoms with Crippen molar-refractivity contribution in [3.8, 4) is 5.69 Å². The van der Waals surface area contributed by atoms with Gasteiger partial charge in [0, 0.05) is 12.4 Å². The Kier molecular flexibility index (Phi) is 4.89. The van der Waals surface area contributed by atoms with Crippen LogP contribution in [0.15, 0.2) is 49.1 Å². The summed E-state index contributed by atoms with van der Waals surface area (Å²) in [4.78, 5) is 16.6. The monoisotopic (exact) mass is 413 g/mol. The predicted octanol–water partition coefficient (Wildman–Crippen LogP) is 3.83. The van der Waals surface area contributed by atoms with Gasteiger partial charge in [-0.25, -0.2) is 18.9 Å². The summed E-state index contributed by atoms with van der Waals surface area (Å²) in [6, 6.07) is 5.24. The van der Waals surface area contributed by atoms with Crippen LogP contribution < -0.4 is 10.6 Å². The number of pyridine rings is 1. The van der Waals surface area contributed by atoms with E-state index in [1.54, 1.807) is 47.0 Å². The number of benzene rings is 1. The van der Waals surface area contributed by atoms with Crippen molar-refractivity contribution in [1.29, 1.82) is 0 Å². The van der Waals surface area contributed by atoms with E-state index in [0.717, 1.165) is 16.6 Å². The number of carbonyl (C=O) groups excluding carboxylic acids is 1. The van der Waals surface area contributed by atoms with E-state index in [0.29, 0.717) is 11.4 Å². The zero-order chi connectivity index (χ0) is 20.5. The van der Waals surface area contributed by atoms with E-state index in [4.69, 9.17) is 11.6 Å². The van der Waals surface area contributed by atoms with Crippen LogP contribution in [0, 0.1) is 5.82 Å². The lowest BCUT2D eigenvalue weighted by Crippen LogP contribution is -2.31. The lowest BCUT2D eigenvalue weighted by atomic mass is 10.1. The van der Waals surface area contributed by atoms with Gasteiger partial charge in [-0.1, -0.05) is 17.7 Å². The quantitative estimate of drug-likeness (QED) is 0.532. The van der Waals surface area contributed by atoms with Gasteiger partial charge in [0.1, 0.15) is 17.3 Å². The highest BCUT2D eigenvalue weighted by Gasteiger charge is 2.13. The molecular weight excluding hydrogens is 397 g/mol. The Morgan fingerprint density at radius 2 is 2.03 bits per heavy atom. The number of hydrogen-bond acceptors (Lipinski definition) is 4. The molecule has 2 N–H and O–H groups in total. The first-order chi connectivity index (χ1) is 13.9. The second-order valence-corrected chi connectivity index (χ2v) is 6.96. The van der Waals surface area contributed by atoms with E-state index in [2.05, 4.69) is 25.8 Å². The van der Waals surface area contributed by atoms with Gasteiger partial charge in [0.05, 0.1) is 41.4 Å². The molecule has 0 bridgehead atoms. The summed E-state index contributed by atoms with van der Waals surface area (Å²) in [5.41, 5.74) is 2.29. The van der Waals surface area contributed by atoms with Crippen LogP contribution in [0.4, 0.5) is 15.0 Å². The molecule has 4 rings (SSSR count). The molecule has 0 spiro atoms. The van der Waals surface area contributed by atoms with E-state index in [-0.39, 0.29) is 11.1 Å². The minimum Gasteiger partial charge on any atom is -0.331 e. The minimum atomic E-state index is -0.503. The maximum atomic E-state index is 13.3. The highest BCUT2D eigenvalue weighted by Crippen LogP contribution is 2.22. The molecule has 0 saturated heterocycles. The van der Waals surface area contributed by atoms with Crippen molar-refractivity contribution >= 4 is 34.4 Å². The number of nitrogens with zero attached hydrogens (tertiary/aromatic N) is 5. The second kappa shape index (κ2) is 7.51. The summed E-state index contributed by atoms with van der Waals surface area (Å²) in [7, 11) is 1.83. The van der Waals surface area contributed by atoms with Crippen molar-refractivity contribution < 1.29 is 9.18 Å². The van der Waals surface area contributed by atoms with Crippen LogP contribution >= 0.6 is 11.6 Å². The molecule has 1 unspecified atom stereocenters. The Hall–Kier alpha value is -3.46. The number of fused-ring (bicyclic) bond motifs is 1. The molecule has 10 heteroatoms. The van der Waals surface area contributed by atoms with Gasteiger partial charge in [-0.05, 0) is 30.7 Å². The molecule has 0 fully saturated rings. The fourth-order valence-corrected chi connectivity index (χ4v) is 3.12. The first kappa shape index (κ1) is 18.9. The van der Waals surface area contributed by atoms with Gasteiger partial charge < -0.3 is 5.32 Å². The Balaban J connectivity index is 1.47. The standard InChI is InChI=1S/C19H17ClFN7O/c1-11(12-3-4-16(21)15(20)5-12)25-19(29)26-18-6-13-7-24-28(17(13)9-22-18)14-8-23-27(2)10-14/h3-11H,1-2H3,(H2,22,25,26,29). The molecule has 0 saturated carbocycles. The summed E-state index contributed by atoms with van der Waals surface area (Å²) in [6.07, 6.45) is 6.87. The SMILES string of the molecule is CC(NC(=O)Nc1cc2cnn(-c3cnn(C)c3)c2cn1)c1ccc(F)c(Cl)c1. The third-order valence-corrected chi connectivity index (χ3v) is 4.71. The number of aromatic nitrogens is 5. The average Bonchev–Trinajstić information content (AvgIpc) is 3.29. The molecule has 2 amide bonds. The molecule has 29 heavy (non-hydrogen) atoms. The number of anilines is 1. The van der Waals surface area contributed by atoms with E-state index >= 15 is 0 Å². The lowest BCUT2D eigenvalue weighted by molar-refractivity contribution is 0.249. The van der Waals surface area contributed by atoms with Crippen LogP contribution in [0.25, 0.3) is 16.6 Å². The van der Waals surface area contributed by atoms with Gasteiger partial charge in [0.15, 0.2) is 0 Å². The number of amides is 2. The molecule has 4 aromatic rings. The average molecular weight is 414 g/mol. The first-order valence-electron chi connectivity index (χ1n) is 8.76. The van der Waals surface area contributed by atoms with Crippen molar-refractivity contribution in [2.45, 2.75) is 13.0 Å². The molecule has 3 heterocycles. The molecule has 148 valence electrons. The van der Waals surface area contributed by atoms with Gasteiger partial charge in [0.2, 0.25) is 0 Å². The zero-order valence-corrected chi connectivity index (χ0v) is 16.4. The Bertz CT molecular complexity index is 1200. The first-order valence-corrected chi connectivity index (χ1v) is 9.14. The molecule has 0 aliphatic carbocycles. The largest absolute Gasteiger partial charge is 0.331 e. The highest BCUT2D eigenvalue weighted by atomic mass is 35.5. The van der Waals surface area contributed by atoms with Crippen molar-refractivity contribution in [1.82, 2.24) is 29.9 Å².